The summed E-state index contributed by atoms with van der Waals surface area (Å²) < 4.78 is 5.84. The molecule has 0 amide bonds. The molecule has 0 spiro atoms. The Bertz CT molecular complexity index is 647. The van der Waals surface area contributed by atoms with Crippen LogP contribution in [0.3, 0.4) is 0 Å². The van der Waals surface area contributed by atoms with Crippen molar-refractivity contribution in [1.29, 1.82) is 0 Å². The Morgan fingerprint density at radius 1 is 1.26 bits per heavy atom. The molecule has 1 unspecified atom stereocenters. The lowest BCUT2D eigenvalue weighted by molar-refractivity contribution is -0.124. The van der Waals surface area contributed by atoms with E-state index in [2.05, 4.69) is 37.0 Å². The minimum Gasteiger partial charge on any atom is -0.365 e. The molecule has 4 heteroatoms. The minimum absolute atomic E-state index is 0.129. The normalized spacial score (nSPS) is 20.0. The molecule has 3 rings (SSSR count). The van der Waals surface area contributed by atoms with E-state index in [1.54, 1.807) is 11.8 Å². The lowest BCUT2D eigenvalue weighted by atomic mass is 9.94. The van der Waals surface area contributed by atoms with Crippen LogP contribution in [0.1, 0.15) is 19.4 Å². The van der Waals surface area contributed by atoms with E-state index in [-0.39, 0.29) is 5.78 Å². The van der Waals surface area contributed by atoms with Gasteiger partial charge in [-0.05, 0) is 36.9 Å². The van der Waals surface area contributed by atoms with Crippen LogP contribution in [0, 0.1) is 0 Å². The van der Waals surface area contributed by atoms with Gasteiger partial charge in [0, 0.05) is 28.3 Å². The van der Waals surface area contributed by atoms with Crippen molar-refractivity contribution < 1.29 is 9.53 Å². The van der Waals surface area contributed by atoms with E-state index in [0.29, 0.717) is 6.61 Å². The topological polar surface area (TPSA) is 29.5 Å². The first-order chi connectivity index (χ1) is 11.2. The van der Waals surface area contributed by atoms with Gasteiger partial charge in [-0.15, -0.1) is 0 Å². The number of hydrogen-bond acceptors (Lipinski definition) is 4. The summed E-state index contributed by atoms with van der Waals surface area (Å²) in [6, 6.07) is 8.31. The van der Waals surface area contributed by atoms with Crippen LogP contribution in [-0.4, -0.2) is 43.0 Å². The molecule has 122 valence electrons. The third-order valence-corrected chi connectivity index (χ3v) is 5.66. The Hall–Kier alpha value is -1.36. The highest BCUT2D eigenvalue weighted by Gasteiger charge is 2.30. The number of ether oxygens (including phenoxy) is 1. The second-order valence-electron chi connectivity index (χ2n) is 5.77. The van der Waals surface area contributed by atoms with Gasteiger partial charge < -0.3 is 9.64 Å². The maximum absolute atomic E-state index is 12.7. The molecule has 0 saturated carbocycles. The van der Waals surface area contributed by atoms with E-state index in [0.717, 1.165) is 36.5 Å². The first-order valence-electron chi connectivity index (χ1n) is 8.28. The zero-order valence-electron chi connectivity index (χ0n) is 13.7. The molecular weight excluding hydrogens is 306 g/mol. The van der Waals surface area contributed by atoms with Crippen molar-refractivity contribution in [3.05, 3.63) is 52.5 Å². The third-order valence-electron chi connectivity index (χ3n) is 4.43. The summed E-state index contributed by atoms with van der Waals surface area (Å²) in [6.45, 7) is 7.77. The van der Waals surface area contributed by atoms with Crippen molar-refractivity contribution in [1.82, 2.24) is 4.90 Å². The fraction of sp³-hybridized carbons (Fsp3) is 0.421. The number of carbonyl (C=O) groups excluding carboxylic acids is 1. The molecule has 0 N–H and O–H groups in total. The summed E-state index contributed by atoms with van der Waals surface area (Å²) in [5.41, 5.74) is 2.14. The van der Waals surface area contributed by atoms with Crippen molar-refractivity contribution in [2.45, 2.75) is 31.3 Å². The molecule has 3 nitrogen and oxygen atoms in total. The average Bonchev–Trinajstić information content (AvgIpc) is 2.59. The number of Topliss-reactive ketones (excluding diaryl/α,β-unsaturated/α-hetero) is 1. The van der Waals surface area contributed by atoms with Gasteiger partial charge in [0.1, 0.15) is 6.10 Å². The van der Waals surface area contributed by atoms with Crippen LogP contribution in [0.25, 0.3) is 0 Å². The molecule has 1 aromatic rings. The van der Waals surface area contributed by atoms with Gasteiger partial charge in [0.15, 0.2) is 5.78 Å². The van der Waals surface area contributed by atoms with Crippen molar-refractivity contribution in [2.75, 3.05) is 26.2 Å². The highest BCUT2D eigenvalue weighted by atomic mass is 32.2. The zero-order chi connectivity index (χ0) is 16.2. The fourth-order valence-corrected chi connectivity index (χ4v) is 4.06. The van der Waals surface area contributed by atoms with E-state index in [1.165, 1.54) is 10.5 Å². The second-order valence-corrected chi connectivity index (χ2v) is 6.85. The molecule has 0 fully saturated rings. The SMILES string of the molecule is CCN(CC)CCOC1C=CC2=C(Cc3ccccc3S2)C1=O. The summed E-state index contributed by atoms with van der Waals surface area (Å²) in [6.07, 6.45) is 4.26. The fourth-order valence-electron chi connectivity index (χ4n) is 2.96. The molecule has 0 aromatic heterocycles. The van der Waals surface area contributed by atoms with Gasteiger partial charge in [-0.25, -0.2) is 0 Å². The van der Waals surface area contributed by atoms with E-state index in [4.69, 9.17) is 4.74 Å². The van der Waals surface area contributed by atoms with Crippen LogP contribution in [0.5, 0.6) is 0 Å². The number of rotatable bonds is 6. The van der Waals surface area contributed by atoms with Crippen LogP contribution in [0.2, 0.25) is 0 Å². The molecule has 0 saturated heterocycles. The second kappa shape index (κ2) is 7.47. The maximum atomic E-state index is 12.7. The number of thioether (sulfide) groups is 1. The highest BCUT2D eigenvalue weighted by molar-refractivity contribution is 8.03. The van der Waals surface area contributed by atoms with Crippen LogP contribution in [0.15, 0.2) is 51.8 Å². The first-order valence-corrected chi connectivity index (χ1v) is 9.09. The largest absolute Gasteiger partial charge is 0.365 e. The van der Waals surface area contributed by atoms with Crippen molar-refractivity contribution in [3.8, 4) is 0 Å². The zero-order valence-corrected chi connectivity index (χ0v) is 14.6. The van der Waals surface area contributed by atoms with Gasteiger partial charge >= 0.3 is 0 Å². The molecule has 0 bridgehead atoms. The number of allylic oxidation sites excluding steroid dienone is 1. The molecule has 2 aliphatic rings. The molecule has 0 radical (unpaired) electrons. The molecule has 1 aliphatic carbocycles. The summed E-state index contributed by atoms with van der Waals surface area (Å²) in [5, 5.41) is 0. The maximum Gasteiger partial charge on any atom is 0.192 e. The van der Waals surface area contributed by atoms with Gasteiger partial charge in [0.05, 0.1) is 6.61 Å². The summed E-state index contributed by atoms with van der Waals surface area (Å²) >= 11 is 1.69. The molecular formula is C19H23NO2S. The van der Waals surface area contributed by atoms with E-state index in [9.17, 15) is 4.79 Å². The minimum atomic E-state index is -0.421. The average molecular weight is 329 g/mol. The Morgan fingerprint density at radius 2 is 2.04 bits per heavy atom. The smallest absolute Gasteiger partial charge is 0.192 e. The molecule has 1 heterocycles. The van der Waals surface area contributed by atoms with Gasteiger partial charge in [-0.1, -0.05) is 43.8 Å². The summed E-state index contributed by atoms with van der Waals surface area (Å²) in [4.78, 5) is 17.4. The molecule has 23 heavy (non-hydrogen) atoms. The Kier molecular flexibility index (Phi) is 5.36. The highest BCUT2D eigenvalue weighted by Crippen LogP contribution is 2.41. The standard InChI is InChI=1S/C19H23NO2S/c1-3-20(4-2)11-12-22-16-9-10-18-15(19(16)21)13-14-7-5-6-8-17(14)23-18/h5-10,16H,3-4,11-13H2,1-2H3. The molecule has 1 aromatic carbocycles. The number of carbonyl (C=O) groups is 1. The summed E-state index contributed by atoms with van der Waals surface area (Å²) in [5.74, 6) is 0.129. The Balaban J connectivity index is 1.63. The van der Waals surface area contributed by atoms with Crippen molar-refractivity contribution >= 4 is 17.5 Å². The Labute approximate surface area is 142 Å². The van der Waals surface area contributed by atoms with Crippen LogP contribution >= 0.6 is 11.8 Å². The van der Waals surface area contributed by atoms with Crippen molar-refractivity contribution in [3.63, 3.8) is 0 Å². The van der Waals surface area contributed by atoms with Crippen LogP contribution in [-0.2, 0) is 16.0 Å². The molecule has 1 atom stereocenters. The summed E-state index contributed by atoms with van der Waals surface area (Å²) in [7, 11) is 0. The predicted molar refractivity (Wildman–Crippen MR) is 94.7 cm³/mol. The van der Waals surface area contributed by atoms with E-state index >= 15 is 0 Å². The number of hydrogen-bond donors (Lipinski definition) is 0. The third kappa shape index (κ3) is 3.60. The van der Waals surface area contributed by atoms with Crippen LogP contribution < -0.4 is 0 Å². The lowest BCUT2D eigenvalue weighted by Crippen LogP contribution is -2.33. The van der Waals surface area contributed by atoms with Gasteiger partial charge in [-0.3, -0.25) is 4.79 Å². The first kappa shape index (κ1) is 16.5. The van der Waals surface area contributed by atoms with E-state index in [1.807, 2.05) is 18.2 Å². The number of benzene rings is 1. The predicted octanol–water partition coefficient (Wildman–Crippen LogP) is 3.45. The van der Waals surface area contributed by atoms with E-state index < -0.39 is 6.10 Å². The monoisotopic (exact) mass is 329 g/mol. The van der Waals surface area contributed by atoms with Gasteiger partial charge in [0.2, 0.25) is 0 Å². The van der Waals surface area contributed by atoms with Crippen LogP contribution in [0.4, 0.5) is 0 Å². The number of fused-ring (bicyclic) bond motifs is 1. The van der Waals surface area contributed by atoms with Crippen molar-refractivity contribution in [2.24, 2.45) is 0 Å². The number of likely N-dealkylation sites (N-methyl/N-ethyl adjacent to an activating group) is 1. The Morgan fingerprint density at radius 3 is 2.83 bits per heavy atom. The quantitative estimate of drug-likeness (QED) is 0.799. The van der Waals surface area contributed by atoms with Gasteiger partial charge in [-0.2, -0.15) is 0 Å². The van der Waals surface area contributed by atoms with Gasteiger partial charge in [0.25, 0.3) is 0 Å². The lowest BCUT2D eigenvalue weighted by Gasteiger charge is -2.26. The number of ketones is 1. The molecule has 1 aliphatic heterocycles. The number of nitrogens with zero attached hydrogens (tertiary/aromatic N) is 1.